The number of benzene rings is 2. The second-order valence-corrected chi connectivity index (χ2v) is 6.31. The van der Waals surface area contributed by atoms with Gasteiger partial charge in [-0.15, -0.1) is 0 Å². The van der Waals surface area contributed by atoms with Crippen molar-refractivity contribution in [3.63, 3.8) is 0 Å². The van der Waals surface area contributed by atoms with Gasteiger partial charge in [0, 0.05) is 5.56 Å². The Morgan fingerprint density at radius 1 is 1.07 bits per heavy atom. The van der Waals surface area contributed by atoms with Gasteiger partial charge in [0.25, 0.3) is 5.91 Å². The molecule has 6 heteroatoms. The second-order valence-electron chi connectivity index (χ2n) is 6.31. The SMILES string of the molecule is CCc1ccc(CC)c(-c2nonc2NC(=O)COc2ccc(C)cc2)c1. The lowest BCUT2D eigenvalue weighted by atomic mass is 9.98. The number of hydrogen-bond donors (Lipinski definition) is 1. The van der Waals surface area contributed by atoms with Crippen LogP contribution < -0.4 is 10.1 Å². The van der Waals surface area contributed by atoms with Crippen molar-refractivity contribution in [1.82, 2.24) is 10.3 Å². The maximum Gasteiger partial charge on any atom is 0.263 e. The van der Waals surface area contributed by atoms with Gasteiger partial charge in [-0.05, 0) is 59.4 Å². The average molecular weight is 365 g/mol. The van der Waals surface area contributed by atoms with Crippen LogP contribution >= 0.6 is 0 Å². The average Bonchev–Trinajstić information content (AvgIpc) is 3.14. The molecule has 0 saturated carbocycles. The fourth-order valence-electron chi connectivity index (χ4n) is 2.77. The number of ether oxygens (including phenoxy) is 1. The molecule has 0 spiro atoms. The van der Waals surface area contributed by atoms with Gasteiger partial charge >= 0.3 is 0 Å². The predicted octanol–water partition coefficient (Wildman–Crippen LogP) is 4.19. The van der Waals surface area contributed by atoms with Gasteiger partial charge in [0.2, 0.25) is 5.82 Å². The Kier molecular flexibility index (Phi) is 5.86. The second kappa shape index (κ2) is 8.49. The molecule has 0 aliphatic heterocycles. The van der Waals surface area contributed by atoms with E-state index in [9.17, 15) is 4.79 Å². The van der Waals surface area contributed by atoms with Gasteiger partial charge in [-0.3, -0.25) is 4.79 Å². The Hall–Kier alpha value is -3.15. The van der Waals surface area contributed by atoms with E-state index in [1.54, 1.807) is 0 Å². The van der Waals surface area contributed by atoms with Crippen LogP contribution in [0, 0.1) is 6.92 Å². The smallest absolute Gasteiger partial charge is 0.263 e. The van der Waals surface area contributed by atoms with Crippen molar-refractivity contribution < 1.29 is 14.2 Å². The Labute approximate surface area is 158 Å². The van der Waals surface area contributed by atoms with Crippen molar-refractivity contribution in [2.45, 2.75) is 33.6 Å². The topological polar surface area (TPSA) is 77.3 Å². The van der Waals surface area contributed by atoms with Crippen LogP contribution in [0.4, 0.5) is 5.82 Å². The minimum absolute atomic E-state index is 0.120. The monoisotopic (exact) mass is 365 g/mol. The highest BCUT2D eigenvalue weighted by Gasteiger charge is 2.18. The van der Waals surface area contributed by atoms with Crippen LogP contribution in [0.3, 0.4) is 0 Å². The minimum atomic E-state index is -0.322. The Bertz CT molecular complexity index is 917. The van der Waals surface area contributed by atoms with Gasteiger partial charge in [0.1, 0.15) is 5.75 Å². The van der Waals surface area contributed by atoms with E-state index in [4.69, 9.17) is 9.37 Å². The molecule has 0 atom stereocenters. The van der Waals surface area contributed by atoms with E-state index in [2.05, 4.69) is 47.7 Å². The minimum Gasteiger partial charge on any atom is -0.484 e. The summed E-state index contributed by atoms with van der Waals surface area (Å²) in [5, 5.41) is 10.6. The number of nitrogens with one attached hydrogen (secondary N) is 1. The zero-order valence-electron chi connectivity index (χ0n) is 15.8. The van der Waals surface area contributed by atoms with Crippen molar-refractivity contribution in [1.29, 1.82) is 0 Å². The van der Waals surface area contributed by atoms with E-state index in [0.29, 0.717) is 17.3 Å². The van der Waals surface area contributed by atoms with E-state index in [-0.39, 0.29) is 12.5 Å². The van der Waals surface area contributed by atoms with Crippen LogP contribution in [-0.4, -0.2) is 22.8 Å². The van der Waals surface area contributed by atoms with Gasteiger partial charge in [0.05, 0.1) is 0 Å². The number of hydrogen-bond acceptors (Lipinski definition) is 5. The van der Waals surface area contributed by atoms with Gasteiger partial charge in [-0.25, -0.2) is 4.63 Å². The number of nitrogens with zero attached hydrogens (tertiary/aromatic N) is 2. The molecule has 0 bridgehead atoms. The molecule has 0 radical (unpaired) electrons. The molecule has 6 nitrogen and oxygen atoms in total. The van der Waals surface area contributed by atoms with E-state index in [0.717, 1.165) is 29.5 Å². The third-order valence-electron chi connectivity index (χ3n) is 4.36. The highest BCUT2D eigenvalue weighted by atomic mass is 16.6. The molecule has 0 fully saturated rings. The summed E-state index contributed by atoms with van der Waals surface area (Å²) in [6, 6.07) is 13.8. The van der Waals surface area contributed by atoms with Gasteiger partial charge < -0.3 is 10.1 Å². The summed E-state index contributed by atoms with van der Waals surface area (Å²) in [5.41, 5.74) is 4.89. The zero-order chi connectivity index (χ0) is 19.2. The van der Waals surface area contributed by atoms with E-state index >= 15 is 0 Å². The standard InChI is InChI=1S/C21H23N3O3/c1-4-15-8-9-16(5-2)18(12-15)20-21(24-27-23-20)22-19(25)13-26-17-10-6-14(3)7-11-17/h6-12H,4-5,13H2,1-3H3,(H,22,24,25). The zero-order valence-corrected chi connectivity index (χ0v) is 15.8. The molecule has 0 aliphatic carbocycles. The number of aryl methyl sites for hydroxylation is 3. The summed E-state index contributed by atoms with van der Waals surface area (Å²) >= 11 is 0. The summed E-state index contributed by atoms with van der Waals surface area (Å²) in [6.45, 7) is 6.04. The molecular weight excluding hydrogens is 342 g/mol. The Balaban J connectivity index is 1.73. The first-order valence-corrected chi connectivity index (χ1v) is 9.04. The molecule has 0 unspecified atom stereocenters. The third-order valence-corrected chi connectivity index (χ3v) is 4.36. The van der Waals surface area contributed by atoms with Crippen LogP contribution in [0.1, 0.15) is 30.5 Å². The first kappa shape index (κ1) is 18.6. The van der Waals surface area contributed by atoms with Crippen LogP contribution in [0.5, 0.6) is 5.75 Å². The van der Waals surface area contributed by atoms with Crippen LogP contribution in [0.2, 0.25) is 0 Å². The van der Waals surface area contributed by atoms with Crippen LogP contribution in [0.15, 0.2) is 47.1 Å². The van der Waals surface area contributed by atoms with Crippen molar-refractivity contribution >= 4 is 11.7 Å². The lowest BCUT2D eigenvalue weighted by Crippen LogP contribution is -2.20. The quantitative estimate of drug-likeness (QED) is 0.679. The molecule has 1 heterocycles. The first-order chi connectivity index (χ1) is 13.1. The van der Waals surface area contributed by atoms with Gasteiger partial charge in [0.15, 0.2) is 12.3 Å². The molecule has 0 aliphatic rings. The fourth-order valence-corrected chi connectivity index (χ4v) is 2.77. The molecular formula is C21H23N3O3. The molecule has 1 N–H and O–H groups in total. The van der Waals surface area contributed by atoms with E-state index in [1.165, 1.54) is 5.56 Å². The van der Waals surface area contributed by atoms with Crippen molar-refractivity contribution in [3.05, 3.63) is 59.2 Å². The maximum atomic E-state index is 12.3. The molecule has 140 valence electrons. The number of anilines is 1. The molecule has 1 amide bonds. The summed E-state index contributed by atoms with van der Waals surface area (Å²) < 4.78 is 10.4. The summed E-state index contributed by atoms with van der Waals surface area (Å²) in [7, 11) is 0. The van der Waals surface area contributed by atoms with Crippen LogP contribution in [0.25, 0.3) is 11.3 Å². The highest BCUT2D eigenvalue weighted by Crippen LogP contribution is 2.29. The summed E-state index contributed by atoms with van der Waals surface area (Å²) in [6.07, 6.45) is 1.75. The van der Waals surface area contributed by atoms with Gasteiger partial charge in [-0.1, -0.05) is 43.7 Å². The summed E-state index contributed by atoms with van der Waals surface area (Å²) in [4.78, 5) is 12.3. The van der Waals surface area contributed by atoms with Crippen LogP contribution in [-0.2, 0) is 17.6 Å². The maximum absolute atomic E-state index is 12.3. The highest BCUT2D eigenvalue weighted by molar-refractivity contribution is 5.94. The Morgan fingerprint density at radius 2 is 1.85 bits per heavy atom. The van der Waals surface area contributed by atoms with Crippen molar-refractivity contribution in [2.24, 2.45) is 0 Å². The fraction of sp³-hybridized carbons (Fsp3) is 0.286. The molecule has 27 heavy (non-hydrogen) atoms. The van der Waals surface area contributed by atoms with E-state index < -0.39 is 0 Å². The van der Waals surface area contributed by atoms with Crippen molar-refractivity contribution in [2.75, 3.05) is 11.9 Å². The summed E-state index contributed by atoms with van der Waals surface area (Å²) in [5.74, 6) is 0.617. The third kappa shape index (κ3) is 4.53. The largest absolute Gasteiger partial charge is 0.484 e. The van der Waals surface area contributed by atoms with Crippen molar-refractivity contribution in [3.8, 4) is 17.0 Å². The lowest BCUT2D eigenvalue weighted by Gasteiger charge is -2.09. The number of aromatic nitrogens is 2. The molecule has 3 aromatic rings. The lowest BCUT2D eigenvalue weighted by molar-refractivity contribution is -0.118. The predicted molar refractivity (Wildman–Crippen MR) is 104 cm³/mol. The number of rotatable bonds is 7. The number of carbonyl (C=O) groups excluding carboxylic acids is 1. The first-order valence-electron chi connectivity index (χ1n) is 9.04. The number of amides is 1. The Morgan fingerprint density at radius 3 is 2.56 bits per heavy atom. The molecule has 0 saturated heterocycles. The molecule has 2 aromatic carbocycles. The molecule has 1 aromatic heterocycles. The normalized spacial score (nSPS) is 10.6. The molecule has 3 rings (SSSR count). The van der Waals surface area contributed by atoms with E-state index in [1.807, 2.05) is 31.2 Å². The number of carbonyl (C=O) groups is 1. The van der Waals surface area contributed by atoms with Gasteiger partial charge in [-0.2, -0.15) is 0 Å².